The van der Waals surface area contributed by atoms with Crippen molar-refractivity contribution in [3.05, 3.63) is 42.0 Å². The predicted molar refractivity (Wildman–Crippen MR) is 66.3 cm³/mol. The second-order valence-corrected chi connectivity index (χ2v) is 4.91. The van der Waals surface area contributed by atoms with Crippen LogP contribution in [0.15, 0.2) is 40.6 Å². The molecule has 0 amide bonds. The standard InChI is InChI=1S/C12H14FN3S/c1-8(14)9-3-4-11(10(13)7-9)17-12-15-5-6-16(12)2/h3-8H,14H2,1-2H3/t8-/m1/s1. The molecule has 0 aliphatic heterocycles. The first-order valence-corrected chi connectivity index (χ1v) is 6.10. The number of imidazole rings is 1. The molecule has 0 unspecified atom stereocenters. The number of nitrogens with zero attached hydrogens (tertiary/aromatic N) is 2. The molecule has 1 atom stereocenters. The highest BCUT2D eigenvalue weighted by Crippen LogP contribution is 2.29. The average molecular weight is 251 g/mol. The highest BCUT2D eigenvalue weighted by molar-refractivity contribution is 7.99. The summed E-state index contributed by atoms with van der Waals surface area (Å²) < 4.78 is 15.7. The normalized spacial score (nSPS) is 12.7. The number of nitrogens with two attached hydrogens (primary N) is 1. The molecular weight excluding hydrogens is 237 g/mol. The maximum atomic E-state index is 13.8. The Morgan fingerprint density at radius 3 is 2.76 bits per heavy atom. The van der Waals surface area contributed by atoms with Crippen LogP contribution in [0.1, 0.15) is 18.5 Å². The summed E-state index contributed by atoms with van der Waals surface area (Å²) in [6, 6.07) is 4.92. The Bertz CT molecular complexity index is 522. The van der Waals surface area contributed by atoms with Gasteiger partial charge in [-0.1, -0.05) is 6.07 Å². The smallest absolute Gasteiger partial charge is 0.172 e. The fourth-order valence-corrected chi connectivity index (χ4v) is 2.24. The molecule has 0 spiro atoms. The zero-order chi connectivity index (χ0) is 12.4. The van der Waals surface area contributed by atoms with Crippen LogP contribution in [0.5, 0.6) is 0 Å². The van der Waals surface area contributed by atoms with Crippen LogP contribution in [-0.4, -0.2) is 9.55 Å². The third-order valence-corrected chi connectivity index (χ3v) is 3.59. The van der Waals surface area contributed by atoms with Crippen molar-refractivity contribution in [2.24, 2.45) is 12.8 Å². The van der Waals surface area contributed by atoms with Gasteiger partial charge in [0, 0.05) is 25.5 Å². The minimum absolute atomic E-state index is 0.156. The van der Waals surface area contributed by atoms with Gasteiger partial charge >= 0.3 is 0 Å². The van der Waals surface area contributed by atoms with E-state index in [0.717, 1.165) is 10.7 Å². The number of aromatic nitrogens is 2. The van der Waals surface area contributed by atoms with Gasteiger partial charge in [-0.2, -0.15) is 0 Å². The van der Waals surface area contributed by atoms with Crippen molar-refractivity contribution < 1.29 is 4.39 Å². The maximum absolute atomic E-state index is 13.8. The molecule has 2 rings (SSSR count). The fraction of sp³-hybridized carbons (Fsp3) is 0.250. The molecule has 2 N–H and O–H groups in total. The third kappa shape index (κ3) is 2.68. The number of rotatable bonds is 3. The van der Waals surface area contributed by atoms with E-state index in [1.807, 2.05) is 30.8 Å². The van der Waals surface area contributed by atoms with Gasteiger partial charge in [-0.25, -0.2) is 9.37 Å². The maximum Gasteiger partial charge on any atom is 0.172 e. The van der Waals surface area contributed by atoms with Gasteiger partial charge in [-0.05, 0) is 36.4 Å². The molecule has 0 radical (unpaired) electrons. The second kappa shape index (κ2) is 4.89. The van der Waals surface area contributed by atoms with Crippen LogP contribution in [-0.2, 0) is 7.05 Å². The third-order valence-electron chi connectivity index (χ3n) is 2.46. The summed E-state index contributed by atoms with van der Waals surface area (Å²) in [6.45, 7) is 1.83. The lowest BCUT2D eigenvalue weighted by atomic mass is 10.1. The highest BCUT2D eigenvalue weighted by atomic mass is 32.2. The average Bonchev–Trinajstić information content (AvgIpc) is 2.67. The summed E-state index contributed by atoms with van der Waals surface area (Å²) in [5.74, 6) is -0.257. The summed E-state index contributed by atoms with van der Waals surface area (Å²) >= 11 is 1.30. The van der Waals surface area contributed by atoms with Crippen LogP contribution in [0.25, 0.3) is 0 Å². The summed E-state index contributed by atoms with van der Waals surface area (Å²) in [6.07, 6.45) is 3.52. The molecule has 0 fully saturated rings. The van der Waals surface area contributed by atoms with Crippen molar-refractivity contribution in [1.82, 2.24) is 9.55 Å². The summed E-state index contributed by atoms with van der Waals surface area (Å²) in [5.41, 5.74) is 6.50. The molecule has 0 saturated carbocycles. The topological polar surface area (TPSA) is 43.8 Å². The number of halogens is 1. The number of benzene rings is 1. The molecule has 90 valence electrons. The van der Waals surface area contributed by atoms with Gasteiger partial charge < -0.3 is 10.3 Å². The Hall–Kier alpha value is -1.33. The summed E-state index contributed by atoms with van der Waals surface area (Å²) in [5, 5.41) is 0.762. The first kappa shape index (κ1) is 12.1. The Morgan fingerprint density at radius 2 is 2.24 bits per heavy atom. The minimum atomic E-state index is -0.257. The number of aryl methyl sites for hydroxylation is 1. The minimum Gasteiger partial charge on any atom is -0.329 e. The lowest BCUT2D eigenvalue weighted by molar-refractivity contribution is 0.596. The molecule has 1 aromatic carbocycles. The van der Waals surface area contributed by atoms with E-state index in [-0.39, 0.29) is 11.9 Å². The van der Waals surface area contributed by atoms with Crippen LogP contribution in [0.4, 0.5) is 4.39 Å². The molecule has 5 heteroatoms. The Morgan fingerprint density at radius 1 is 1.47 bits per heavy atom. The highest BCUT2D eigenvalue weighted by Gasteiger charge is 2.09. The van der Waals surface area contributed by atoms with Crippen LogP contribution >= 0.6 is 11.8 Å². The van der Waals surface area contributed by atoms with E-state index >= 15 is 0 Å². The Kier molecular flexibility index (Phi) is 3.49. The van der Waals surface area contributed by atoms with E-state index in [2.05, 4.69) is 4.98 Å². The van der Waals surface area contributed by atoms with Gasteiger partial charge in [0.25, 0.3) is 0 Å². The van der Waals surface area contributed by atoms with Gasteiger partial charge in [0.15, 0.2) is 5.16 Å². The molecule has 0 aliphatic carbocycles. The van der Waals surface area contributed by atoms with E-state index in [9.17, 15) is 4.39 Å². The van der Waals surface area contributed by atoms with Crippen LogP contribution in [0, 0.1) is 5.82 Å². The molecule has 1 heterocycles. The van der Waals surface area contributed by atoms with Crippen LogP contribution in [0.2, 0.25) is 0 Å². The van der Waals surface area contributed by atoms with Crippen molar-refractivity contribution in [3.63, 3.8) is 0 Å². The van der Waals surface area contributed by atoms with Gasteiger partial charge in [0.1, 0.15) is 5.82 Å². The molecule has 0 bridgehead atoms. The van der Waals surface area contributed by atoms with Gasteiger partial charge in [0.05, 0.1) is 4.90 Å². The van der Waals surface area contributed by atoms with E-state index in [0.29, 0.717) is 4.90 Å². The summed E-state index contributed by atoms with van der Waals surface area (Å²) in [4.78, 5) is 4.70. The SMILES string of the molecule is C[C@@H](N)c1ccc(Sc2nccn2C)c(F)c1. The quantitative estimate of drug-likeness (QED) is 0.912. The van der Waals surface area contributed by atoms with Gasteiger partial charge in [0.2, 0.25) is 0 Å². The van der Waals surface area contributed by atoms with Crippen LogP contribution < -0.4 is 5.73 Å². The fourth-order valence-electron chi connectivity index (χ4n) is 1.43. The van der Waals surface area contributed by atoms with E-state index in [1.165, 1.54) is 17.8 Å². The summed E-state index contributed by atoms with van der Waals surface area (Å²) in [7, 11) is 1.88. The van der Waals surface area contributed by atoms with Crippen molar-refractivity contribution >= 4 is 11.8 Å². The van der Waals surface area contributed by atoms with E-state index < -0.39 is 0 Å². The number of hydrogen-bond donors (Lipinski definition) is 1. The lowest BCUT2D eigenvalue weighted by Gasteiger charge is -2.08. The first-order valence-electron chi connectivity index (χ1n) is 5.28. The van der Waals surface area contributed by atoms with Crippen molar-refractivity contribution in [3.8, 4) is 0 Å². The monoisotopic (exact) mass is 251 g/mol. The molecule has 17 heavy (non-hydrogen) atoms. The molecule has 1 aromatic heterocycles. The molecule has 2 aromatic rings. The Balaban J connectivity index is 2.26. The van der Waals surface area contributed by atoms with Crippen molar-refractivity contribution in [2.75, 3.05) is 0 Å². The largest absolute Gasteiger partial charge is 0.329 e. The van der Waals surface area contributed by atoms with Crippen molar-refractivity contribution in [1.29, 1.82) is 0 Å². The molecule has 0 aliphatic rings. The van der Waals surface area contributed by atoms with Gasteiger partial charge in [-0.15, -0.1) is 0 Å². The number of hydrogen-bond acceptors (Lipinski definition) is 3. The Labute approximate surface area is 104 Å². The molecule has 0 saturated heterocycles. The lowest BCUT2D eigenvalue weighted by Crippen LogP contribution is -2.05. The first-order chi connectivity index (χ1) is 8.08. The zero-order valence-electron chi connectivity index (χ0n) is 9.72. The zero-order valence-corrected chi connectivity index (χ0v) is 10.5. The van der Waals surface area contributed by atoms with Crippen molar-refractivity contribution in [2.45, 2.75) is 23.0 Å². The van der Waals surface area contributed by atoms with Crippen LogP contribution in [0.3, 0.4) is 0 Å². The molecule has 3 nitrogen and oxygen atoms in total. The predicted octanol–water partition coefficient (Wildman–Crippen LogP) is 2.73. The second-order valence-electron chi connectivity index (χ2n) is 3.90. The van der Waals surface area contributed by atoms with Gasteiger partial charge in [-0.3, -0.25) is 0 Å². The molecular formula is C12H14FN3S. The van der Waals surface area contributed by atoms with E-state index in [1.54, 1.807) is 12.3 Å². The van der Waals surface area contributed by atoms with E-state index in [4.69, 9.17) is 5.73 Å².